The summed E-state index contributed by atoms with van der Waals surface area (Å²) in [4.78, 5) is 6.86. The smallest absolute Gasteiger partial charge is 0.128 e. The van der Waals surface area contributed by atoms with Crippen molar-refractivity contribution in [2.75, 3.05) is 18.0 Å². The first-order valence-electron chi connectivity index (χ1n) is 8.25. The lowest BCUT2D eigenvalue weighted by molar-refractivity contribution is 0.343. The van der Waals surface area contributed by atoms with Crippen LogP contribution in [-0.2, 0) is 0 Å². The molecule has 112 valence electrons. The van der Waals surface area contributed by atoms with E-state index >= 15 is 0 Å². The number of pyridine rings is 1. The lowest BCUT2D eigenvalue weighted by Gasteiger charge is -2.35. The molecule has 0 aromatic carbocycles. The zero-order chi connectivity index (χ0) is 14.2. The lowest BCUT2D eigenvalue weighted by atomic mass is 10.0. The number of unbranched alkanes of at least 4 members (excludes halogenated alkanes) is 1. The zero-order valence-corrected chi connectivity index (χ0v) is 13.0. The van der Waals surface area contributed by atoms with Crippen LogP contribution < -0.4 is 10.2 Å². The fourth-order valence-corrected chi connectivity index (χ4v) is 3.01. The molecule has 1 aromatic rings. The number of piperidine rings is 1. The molecule has 0 radical (unpaired) electrons. The zero-order valence-electron chi connectivity index (χ0n) is 13.0. The third-order valence-electron chi connectivity index (χ3n) is 4.34. The molecule has 0 aliphatic carbocycles. The minimum atomic E-state index is 0.691. The molecule has 1 aliphatic rings. The van der Waals surface area contributed by atoms with Crippen LogP contribution in [0.1, 0.15) is 52.4 Å². The van der Waals surface area contributed by atoms with E-state index in [9.17, 15) is 0 Å². The van der Waals surface area contributed by atoms with Gasteiger partial charge in [0.1, 0.15) is 5.82 Å². The van der Waals surface area contributed by atoms with E-state index in [-0.39, 0.29) is 0 Å². The first-order valence-corrected chi connectivity index (χ1v) is 8.25. The molecule has 1 N–H and O–H groups in total. The molecule has 1 fully saturated rings. The molecule has 3 nitrogen and oxygen atoms in total. The SMILES string of the molecule is CCCCC(CC)NC1CCN(c2ccccn2)CC1. The van der Waals surface area contributed by atoms with Gasteiger partial charge in [0.25, 0.3) is 0 Å². The summed E-state index contributed by atoms with van der Waals surface area (Å²) < 4.78 is 0. The summed E-state index contributed by atoms with van der Waals surface area (Å²) in [6.45, 7) is 6.83. The molecule has 0 bridgehead atoms. The van der Waals surface area contributed by atoms with E-state index in [4.69, 9.17) is 0 Å². The maximum absolute atomic E-state index is 4.45. The average molecular weight is 275 g/mol. The molecular weight excluding hydrogens is 246 g/mol. The maximum Gasteiger partial charge on any atom is 0.128 e. The first kappa shape index (κ1) is 15.3. The predicted molar refractivity (Wildman–Crippen MR) is 86.2 cm³/mol. The van der Waals surface area contributed by atoms with E-state index in [0.717, 1.165) is 18.9 Å². The number of hydrogen-bond donors (Lipinski definition) is 1. The molecule has 0 spiro atoms. The van der Waals surface area contributed by atoms with Crippen molar-refractivity contribution in [2.45, 2.75) is 64.5 Å². The molecule has 2 heterocycles. The predicted octanol–water partition coefficient (Wildman–Crippen LogP) is 3.61. The second kappa shape index (κ2) is 8.25. The Morgan fingerprint density at radius 2 is 2.10 bits per heavy atom. The number of aromatic nitrogens is 1. The highest BCUT2D eigenvalue weighted by molar-refractivity contribution is 5.38. The van der Waals surface area contributed by atoms with E-state index in [1.807, 2.05) is 12.3 Å². The van der Waals surface area contributed by atoms with E-state index < -0.39 is 0 Å². The van der Waals surface area contributed by atoms with Crippen molar-refractivity contribution in [1.29, 1.82) is 0 Å². The third-order valence-corrected chi connectivity index (χ3v) is 4.34. The normalized spacial score (nSPS) is 18.2. The van der Waals surface area contributed by atoms with Gasteiger partial charge in [-0.2, -0.15) is 0 Å². The molecule has 1 atom stereocenters. The fraction of sp³-hybridized carbons (Fsp3) is 0.706. The number of nitrogens with one attached hydrogen (secondary N) is 1. The summed E-state index contributed by atoms with van der Waals surface area (Å²) in [5.41, 5.74) is 0. The van der Waals surface area contributed by atoms with Crippen LogP contribution in [-0.4, -0.2) is 30.2 Å². The van der Waals surface area contributed by atoms with Crippen molar-refractivity contribution in [3.05, 3.63) is 24.4 Å². The number of nitrogens with zero attached hydrogens (tertiary/aromatic N) is 2. The van der Waals surface area contributed by atoms with Gasteiger partial charge in [0, 0.05) is 31.4 Å². The Balaban J connectivity index is 1.76. The van der Waals surface area contributed by atoms with Crippen LogP contribution in [0.4, 0.5) is 5.82 Å². The molecule has 0 amide bonds. The summed E-state index contributed by atoms with van der Waals surface area (Å²) in [7, 11) is 0. The highest BCUT2D eigenvalue weighted by atomic mass is 15.2. The molecule has 1 aliphatic heterocycles. The fourth-order valence-electron chi connectivity index (χ4n) is 3.01. The molecule has 1 saturated heterocycles. The Morgan fingerprint density at radius 1 is 1.30 bits per heavy atom. The molecule has 2 rings (SSSR count). The average Bonchev–Trinajstić information content (AvgIpc) is 2.53. The third kappa shape index (κ3) is 4.48. The van der Waals surface area contributed by atoms with Crippen LogP contribution >= 0.6 is 0 Å². The van der Waals surface area contributed by atoms with E-state index in [1.54, 1.807) is 0 Å². The summed E-state index contributed by atoms with van der Waals surface area (Å²) >= 11 is 0. The number of rotatable bonds is 7. The van der Waals surface area contributed by atoms with Gasteiger partial charge in [-0.25, -0.2) is 4.98 Å². The van der Waals surface area contributed by atoms with Crippen molar-refractivity contribution < 1.29 is 0 Å². The van der Waals surface area contributed by atoms with Gasteiger partial charge in [0.2, 0.25) is 0 Å². The molecule has 1 unspecified atom stereocenters. The van der Waals surface area contributed by atoms with E-state index in [0.29, 0.717) is 12.1 Å². The Labute approximate surface area is 123 Å². The summed E-state index contributed by atoms with van der Waals surface area (Å²) in [5.74, 6) is 1.13. The maximum atomic E-state index is 4.45. The van der Waals surface area contributed by atoms with Gasteiger partial charge in [-0.05, 0) is 37.8 Å². The van der Waals surface area contributed by atoms with E-state index in [2.05, 4.69) is 41.2 Å². The highest BCUT2D eigenvalue weighted by Gasteiger charge is 2.21. The van der Waals surface area contributed by atoms with Crippen molar-refractivity contribution in [2.24, 2.45) is 0 Å². The summed E-state index contributed by atoms with van der Waals surface area (Å²) in [5, 5.41) is 3.87. The minimum Gasteiger partial charge on any atom is -0.357 e. The van der Waals surface area contributed by atoms with Crippen molar-refractivity contribution in [3.8, 4) is 0 Å². The van der Waals surface area contributed by atoms with Crippen LogP contribution in [0.3, 0.4) is 0 Å². The Kier molecular flexibility index (Phi) is 6.31. The Bertz CT molecular complexity index is 358. The van der Waals surface area contributed by atoms with Gasteiger partial charge in [-0.3, -0.25) is 0 Å². The van der Waals surface area contributed by atoms with Crippen molar-refractivity contribution >= 4 is 5.82 Å². The molecular formula is C17H29N3. The van der Waals surface area contributed by atoms with Crippen LogP contribution in [0.5, 0.6) is 0 Å². The molecule has 1 aromatic heterocycles. The first-order chi connectivity index (χ1) is 9.83. The van der Waals surface area contributed by atoms with Gasteiger partial charge in [-0.15, -0.1) is 0 Å². The number of hydrogen-bond acceptors (Lipinski definition) is 3. The van der Waals surface area contributed by atoms with Gasteiger partial charge < -0.3 is 10.2 Å². The van der Waals surface area contributed by atoms with Crippen LogP contribution in [0.2, 0.25) is 0 Å². The lowest BCUT2D eigenvalue weighted by Crippen LogP contribution is -2.46. The van der Waals surface area contributed by atoms with Crippen molar-refractivity contribution in [1.82, 2.24) is 10.3 Å². The Hall–Kier alpha value is -1.09. The van der Waals surface area contributed by atoms with Gasteiger partial charge >= 0.3 is 0 Å². The quantitative estimate of drug-likeness (QED) is 0.824. The topological polar surface area (TPSA) is 28.2 Å². The van der Waals surface area contributed by atoms with Crippen molar-refractivity contribution in [3.63, 3.8) is 0 Å². The standard InChI is InChI=1S/C17H29N3/c1-3-5-8-15(4-2)19-16-10-13-20(14-11-16)17-9-6-7-12-18-17/h6-7,9,12,15-16,19H,3-5,8,10-11,13-14H2,1-2H3. The van der Waals surface area contributed by atoms with Gasteiger partial charge in [0.05, 0.1) is 0 Å². The summed E-state index contributed by atoms with van der Waals surface area (Å²) in [6, 6.07) is 7.57. The molecule has 3 heteroatoms. The second-order valence-electron chi connectivity index (χ2n) is 5.86. The molecule has 0 saturated carbocycles. The monoisotopic (exact) mass is 275 g/mol. The van der Waals surface area contributed by atoms with Crippen LogP contribution in [0, 0.1) is 0 Å². The van der Waals surface area contributed by atoms with Crippen LogP contribution in [0.15, 0.2) is 24.4 Å². The Morgan fingerprint density at radius 3 is 2.70 bits per heavy atom. The van der Waals surface area contributed by atoms with Gasteiger partial charge in [0.15, 0.2) is 0 Å². The highest BCUT2D eigenvalue weighted by Crippen LogP contribution is 2.18. The van der Waals surface area contributed by atoms with Gasteiger partial charge in [-0.1, -0.05) is 32.8 Å². The van der Waals surface area contributed by atoms with Crippen LogP contribution in [0.25, 0.3) is 0 Å². The summed E-state index contributed by atoms with van der Waals surface area (Å²) in [6.07, 6.45) is 9.58. The second-order valence-corrected chi connectivity index (χ2v) is 5.86. The minimum absolute atomic E-state index is 0.691. The molecule has 20 heavy (non-hydrogen) atoms. The largest absolute Gasteiger partial charge is 0.357 e. The number of anilines is 1. The van der Waals surface area contributed by atoms with E-state index in [1.165, 1.54) is 38.5 Å².